The summed E-state index contributed by atoms with van der Waals surface area (Å²) in [6.07, 6.45) is 3.80. The van der Waals surface area contributed by atoms with Crippen LogP contribution in [0.15, 0.2) is 24.3 Å². The van der Waals surface area contributed by atoms with Crippen LogP contribution in [0.1, 0.15) is 31.7 Å². The number of carbonyl (C=O) groups excluding carboxylic acids is 1. The second-order valence-electron chi connectivity index (χ2n) is 6.32. The van der Waals surface area contributed by atoms with Crippen molar-refractivity contribution in [1.29, 1.82) is 0 Å². The Morgan fingerprint density at radius 3 is 2.62 bits per heavy atom. The summed E-state index contributed by atoms with van der Waals surface area (Å²) in [6, 6.07) is 8.93. The number of anilines is 1. The second-order valence-corrected chi connectivity index (χ2v) is 6.32. The average molecular weight is 290 g/mol. The first-order chi connectivity index (χ1) is 10.1. The van der Waals surface area contributed by atoms with E-state index in [1.54, 1.807) is 0 Å². The van der Waals surface area contributed by atoms with Crippen molar-refractivity contribution in [1.82, 2.24) is 5.32 Å². The number of nitrogens with one attached hydrogen (secondary N) is 2. The van der Waals surface area contributed by atoms with E-state index in [0.717, 1.165) is 12.1 Å². The predicted molar refractivity (Wildman–Crippen MR) is 86.6 cm³/mol. The summed E-state index contributed by atoms with van der Waals surface area (Å²) in [7, 11) is 4.05. The zero-order chi connectivity index (χ0) is 15.2. The van der Waals surface area contributed by atoms with Crippen molar-refractivity contribution in [2.45, 2.75) is 38.8 Å². The Labute approximate surface area is 128 Å². The van der Waals surface area contributed by atoms with Gasteiger partial charge in [0.1, 0.15) is 0 Å². The molecule has 2 N–H and O–H groups in total. The van der Waals surface area contributed by atoms with Crippen molar-refractivity contribution < 1.29 is 9.69 Å². The normalized spacial score (nSPS) is 21.9. The molecule has 0 bridgehead atoms. The van der Waals surface area contributed by atoms with Crippen LogP contribution < -0.4 is 15.1 Å². The smallest absolute Gasteiger partial charge is 0.275 e. The first kappa shape index (κ1) is 15.8. The Morgan fingerprint density at radius 1 is 1.29 bits per heavy atom. The third kappa shape index (κ3) is 4.74. The zero-order valence-electron chi connectivity index (χ0n) is 13.5. The fourth-order valence-corrected chi connectivity index (χ4v) is 2.90. The summed E-state index contributed by atoms with van der Waals surface area (Å²) in [5, 5.41) is 3.04. The lowest BCUT2D eigenvalue weighted by atomic mass is 10.0. The van der Waals surface area contributed by atoms with Gasteiger partial charge in [-0.3, -0.25) is 4.79 Å². The maximum absolute atomic E-state index is 12.1. The topological polar surface area (TPSA) is 36.8 Å². The van der Waals surface area contributed by atoms with Crippen LogP contribution in [0.2, 0.25) is 0 Å². The number of nitrogens with zero attached hydrogens (tertiary/aromatic N) is 1. The van der Waals surface area contributed by atoms with Gasteiger partial charge in [-0.15, -0.1) is 0 Å². The van der Waals surface area contributed by atoms with E-state index in [1.165, 1.54) is 29.8 Å². The van der Waals surface area contributed by atoms with Gasteiger partial charge in [0.15, 0.2) is 6.54 Å². The van der Waals surface area contributed by atoms with Crippen LogP contribution in [0.4, 0.5) is 5.69 Å². The lowest BCUT2D eigenvalue weighted by Gasteiger charge is -2.29. The van der Waals surface area contributed by atoms with E-state index in [9.17, 15) is 4.79 Å². The monoisotopic (exact) mass is 290 g/mol. The lowest BCUT2D eigenvalue weighted by Crippen LogP contribution is -3.17. The molecule has 1 fully saturated rings. The Morgan fingerprint density at radius 2 is 2.00 bits per heavy atom. The van der Waals surface area contributed by atoms with Crippen molar-refractivity contribution in [3.63, 3.8) is 0 Å². The molecule has 1 aromatic carbocycles. The Kier molecular flexibility index (Phi) is 5.62. The molecule has 4 heteroatoms. The van der Waals surface area contributed by atoms with Gasteiger partial charge in [-0.05, 0) is 43.9 Å². The molecule has 2 rings (SSSR count). The predicted octanol–water partition coefficient (Wildman–Crippen LogP) is 0.826. The highest BCUT2D eigenvalue weighted by atomic mass is 16.2. The van der Waals surface area contributed by atoms with E-state index < -0.39 is 0 Å². The molecule has 4 nitrogen and oxygen atoms in total. The minimum absolute atomic E-state index is 0.162. The third-order valence-corrected chi connectivity index (χ3v) is 4.41. The Bertz CT molecular complexity index is 456. The molecule has 1 aromatic rings. The highest BCUT2D eigenvalue weighted by molar-refractivity contribution is 5.76. The van der Waals surface area contributed by atoms with Crippen molar-refractivity contribution in [3.05, 3.63) is 29.8 Å². The molecule has 1 aliphatic rings. The van der Waals surface area contributed by atoms with Gasteiger partial charge in [0, 0.05) is 26.3 Å². The molecule has 1 heterocycles. The molecule has 0 saturated carbocycles. The number of quaternary nitrogens is 1. The Balaban J connectivity index is 1.78. The quantitative estimate of drug-likeness (QED) is 0.843. The van der Waals surface area contributed by atoms with Gasteiger partial charge in [-0.2, -0.15) is 0 Å². The van der Waals surface area contributed by atoms with Crippen LogP contribution >= 0.6 is 0 Å². The van der Waals surface area contributed by atoms with Gasteiger partial charge in [-0.1, -0.05) is 12.1 Å². The average Bonchev–Trinajstić information content (AvgIpc) is 2.48. The standard InChI is InChI=1S/C17H27N3O/c1-14-6-4-5-11-20(14)13-17(21)18-12-15-7-9-16(10-8-15)19(2)3/h7-10,14H,4-6,11-13H2,1-3H3,(H,18,21)/p+1/t14-/m1/s1. The van der Waals surface area contributed by atoms with E-state index in [2.05, 4.69) is 41.4 Å². The van der Waals surface area contributed by atoms with Gasteiger partial charge in [0.2, 0.25) is 0 Å². The van der Waals surface area contributed by atoms with Gasteiger partial charge < -0.3 is 15.1 Å². The molecule has 0 aliphatic carbocycles. The first-order valence-electron chi connectivity index (χ1n) is 7.94. The summed E-state index contributed by atoms with van der Waals surface area (Å²) < 4.78 is 0. The molecule has 0 spiro atoms. The molecule has 1 amide bonds. The molecule has 21 heavy (non-hydrogen) atoms. The van der Waals surface area contributed by atoms with E-state index >= 15 is 0 Å². The van der Waals surface area contributed by atoms with E-state index in [1.807, 2.05) is 14.1 Å². The van der Waals surface area contributed by atoms with Crippen LogP contribution in [0, 0.1) is 0 Å². The van der Waals surface area contributed by atoms with Crippen molar-refractivity contribution >= 4 is 11.6 Å². The van der Waals surface area contributed by atoms with Gasteiger partial charge >= 0.3 is 0 Å². The molecule has 116 valence electrons. The Hall–Kier alpha value is -1.55. The fourth-order valence-electron chi connectivity index (χ4n) is 2.90. The van der Waals surface area contributed by atoms with Gasteiger partial charge in [0.05, 0.1) is 12.6 Å². The minimum Gasteiger partial charge on any atom is -0.378 e. The maximum Gasteiger partial charge on any atom is 0.275 e. The molecule has 1 unspecified atom stereocenters. The van der Waals surface area contributed by atoms with E-state index in [0.29, 0.717) is 19.1 Å². The van der Waals surface area contributed by atoms with E-state index in [4.69, 9.17) is 0 Å². The number of rotatable bonds is 5. The molecule has 0 radical (unpaired) electrons. The number of hydrogen-bond donors (Lipinski definition) is 2. The van der Waals surface area contributed by atoms with Crippen LogP contribution in [0.5, 0.6) is 0 Å². The molecular weight excluding hydrogens is 262 g/mol. The summed E-state index contributed by atoms with van der Waals surface area (Å²) >= 11 is 0. The fraction of sp³-hybridized carbons (Fsp3) is 0.588. The largest absolute Gasteiger partial charge is 0.378 e. The number of benzene rings is 1. The third-order valence-electron chi connectivity index (χ3n) is 4.41. The summed E-state index contributed by atoms with van der Waals surface area (Å²) in [5.74, 6) is 0.162. The van der Waals surface area contributed by atoms with Gasteiger partial charge in [0.25, 0.3) is 5.91 Å². The summed E-state index contributed by atoms with van der Waals surface area (Å²) in [5.41, 5.74) is 2.33. The molecule has 1 aliphatic heterocycles. The lowest BCUT2D eigenvalue weighted by molar-refractivity contribution is -0.921. The van der Waals surface area contributed by atoms with E-state index in [-0.39, 0.29) is 5.91 Å². The minimum atomic E-state index is 0.162. The number of carbonyl (C=O) groups is 1. The SMILES string of the molecule is C[C@@H]1CCCC[NH+]1CC(=O)NCc1ccc(N(C)C)cc1. The number of likely N-dealkylation sites (tertiary alicyclic amines) is 1. The molecule has 2 atom stereocenters. The number of hydrogen-bond acceptors (Lipinski definition) is 2. The molecule has 0 aromatic heterocycles. The molecule has 1 saturated heterocycles. The van der Waals surface area contributed by atoms with Crippen LogP contribution in [0.3, 0.4) is 0 Å². The van der Waals surface area contributed by atoms with Crippen LogP contribution in [-0.4, -0.2) is 39.1 Å². The molecular formula is C17H28N3O+. The maximum atomic E-state index is 12.1. The second kappa shape index (κ2) is 7.46. The van der Waals surface area contributed by atoms with Crippen molar-refractivity contribution in [2.75, 3.05) is 32.1 Å². The van der Waals surface area contributed by atoms with Crippen molar-refractivity contribution in [2.24, 2.45) is 0 Å². The number of amides is 1. The van der Waals surface area contributed by atoms with Gasteiger partial charge in [-0.25, -0.2) is 0 Å². The highest BCUT2D eigenvalue weighted by Crippen LogP contribution is 2.11. The van der Waals surface area contributed by atoms with Crippen molar-refractivity contribution in [3.8, 4) is 0 Å². The van der Waals surface area contributed by atoms with Crippen LogP contribution in [-0.2, 0) is 11.3 Å². The highest BCUT2D eigenvalue weighted by Gasteiger charge is 2.23. The number of piperidine rings is 1. The summed E-state index contributed by atoms with van der Waals surface area (Å²) in [4.78, 5) is 15.6. The first-order valence-corrected chi connectivity index (χ1v) is 7.94. The summed E-state index contributed by atoms with van der Waals surface area (Å²) in [6.45, 7) is 4.61. The zero-order valence-corrected chi connectivity index (χ0v) is 13.5. The van der Waals surface area contributed by atoms with Crippen LogP contribution in [0.25, 0.3) is 0 Å².